The smallest absolute Gasteiger partial charge is 0.135 e. The Morgan fingerprint density at radius 3 is 2.50 bits per heavy atom. The Labute approximate surface area is 109 Å². The van der Waals surface area contributed by atoms with E-state index in [4.69, 9.17) is 10.5 Å². The van der Waals surface area contributed by atoms with Crippen molar-refractivity contribution in [3.63, 3.8) is 0 Å². The topological polar surface area (TPSA) is 73.1 Å². The maximum atomic E-state index is 5.90. The zero-order chi connectivity index (χ0) is 13.7. The van der Waals surface area contributed by atoms with Gasteiger partial charge in [-0.05, 0) is 20.8 Å². The van der Waals surface area contributed by atoms with Crippen molar-refractivity contribution >= 4 is 11.6 Å². The molecule has 0 fully saturated rings. The summed E-state index contributed by atoms with van der Waals surface area (Å²) in [7, 11) is 0. The fraction of sp³-hybridized carbons (Fsp3) is 0.692. The summed E-state index contributed by atoms with van der Waals surface area (Å²) in [4.78, 5) is 8.80. The normalized spacial score (nSPS) is 12.8. The van der Waals surface area contributed by atoms with Crippen molar-refractivity contribution in [2.75, 3.05) is 24.2 Å². The molecule has 1 heterocycles. The van der Waals surface area contributed by atoms with E-state index in [0.717, 1.165) is 17.2 Å². The van der Waals surface area contributed by atoms with Crippen molar-refractivity contribution in [3.05, 3.63) is 11.4 Å². The number of ether oxygens (including phenoxy) is 1. The summed E-state index contributed by atoms with van der Waals surface area (Å²) in [6, 6.07) is 0. The van der Waals surface area contributed by atoms with Crippen molar-refractivity contribution in [2.24, 2.45) is 0 Å². The molecule has 0 spiro atoms. The minimum atomic E-state index is 0.146. The fourth-order valence-electron chi connectivity index (χ4n) is 1.57. The first kappa shape index (κ1) is 14.7. The average Bonchev–Trinajstić information content (AvgIpc) is 2.31. The number of nitrogens with two attached hydrogens (primary N) is 1. The highest BCUT2D eigenvalue weighted by Gasteiger charge is 2.11. The molecule has 1 aromatic rings. The van der Waals surface area contributed by atoms with Gasteiger partial charge in [0.2, 0.25) is 0 Å². The van der Waals surface area contributed by atoms with Gasteiger partial charge in [-0.2, -0.15) is 0 Å². The lowest BCUT2D eigenvalue weighted by atomic mass is 10.2. The van der Waals surface area contributed by atoms with Crippen LogP contribution in [-0.2, 0) is 4.74 Å². The lowest BCUT2D eigenvalue weighted by molar-refractivity contribution is 0.0854. The van der Waals surface area contributed by atoms with E-state index in [-0.39, 0.29) is 12.0 Å². The van der Waals surface area contributed by atoms with Crippen molar-refractivity contribution < 1.29 is 4.74 Å². The minimum Gasteiger partial charge on any atom is -0.383 e. The van der Waals surface area contributed by atoms with Gasteiger partial charge in [0.1, 0.15) is 17.5 Å². The quantitative estimate of drug-likeness (QED) is 0.813. The van der Waals surface area contributed by atoms with Crippen molar-refractivity contribution in [3.8, 4) is 0 Å². The van der Waals surface area contributed by atoms with Crippen LogP contribution in [0.3, 0.4) is 0 Å². The number of hydrogen-bond donors (Lipinski definition) is 2. The van der Waals surface area contributed by atoms with E-state index in [2.05, 4.69) is 29.1 Å². The SMILES string of the molecule is CCOC(C)CNc1nc(C(C)C)nc(N)c1C. The molecule has 18 heavy (non-hydrogen) atoms. The Morgan fingerprint density at radius 2 is 1.94 bits per heavy atom. The minimum absolute atomic E-state index is 0.146. The molecule has 0 aliphatic heterocycles. The van der Waals surface area contributed by atoms with Crippen molar-refractivity contribution in [2.45, 2.75) is 46.6 Å². The Balaban J connectivity index is 2.81. The van der Waals surface area contributed by atoms with Crippen LogP contribution in [0.25, 0.3) is 0 Å². The van der Waals surface area contributed by atoms with Crippen molar-refractivity contribution in [1.29, 1.82) is 0 Å². The Hall–Kier alpha value is -1.36. The van der Waals surface area contributed by atoms with E-state index >= 15 is 0 Å². The maximum Gasteiger partial charge on any atom is 0.135 e. The standard InChI is InChI=1S/C13H24N4O/c1-6-18-9(4)7-15-13-10(5)11(14)16-12(17-13)8(2)3/h8-9H,6-7H2,1-5H3,(H3,14,15,16,17). The molecule has 0 radical (unpaired) electrons. The number of nitrogens with zero attached hydrogens (tertiary/aromatic N) is 2. The summed E-state index contributed by atoms with van der Waals surface area (Å²) in [6.07, 6.45) is 0.146. The van der Waals surface area contributed by atoms with Crippen LogP contribution in [0.5, 0.6) is 0 Å². The molecule has 0 aliphatic rings. The van der Waals surface area contributed by atoms with E-state index in [1.807, 2.05) is 20.8 Å². The van der Waals surface area contributed by atoms with Gasteiger partial charge in [0.05, 0.1) is 6.10 Å². The molecule has 0 bridgehead atoms. The molecule has 1 rings (SSSR count). The van der Waals surface area contributed by atoms with Gasteiger partial charge in [0.15, 0.2) is 0 Å². The second kappa shape index (κ2) is 6.54. The molecule has 1 atom stereocenters. The zero-order valence-corrected chi connectivity index (χ0v) is 11.9. The van der Waals surface area contributed by atoms with Crippen LogP contribution in [0, 0.1) is 6.92 Å². The van der Waals surface area contributed by atoms with Gasteiger partial charge in [0, 0.05) is 24.6 Å². The molecule has 0 aliphatic carbocycles. The van der Waals surface area contributed by atoms with E-state index in [0.29, 0.717) is 19.0 Å². The van der Waals surface area contributed by atoms with E-state index in [1.165, 1.54) is 0 Å². The van der Waals surface area contributed by atoms with Crippen LogP contribution in [0.1, 0.15) is 45.0 Å². The second-order valence-corrected chi connectivity index (χ2v) is 4.74. The predicted octanol–water partition coefficient (Wildman–Crippen LogP) is 2.33. The molecular weight excluding hydrogens is 228 g/mol. The molecule has 0 saturated carbocycles. The molecule has 0 saturated heterocycles. The zero-order valence-electron chi connectivity index (χ0n) is 11.9. The lowest BCUT2D eigenvalue weighted by Crippen LogP contribution is -2.21. The number of anilines is 2. The third-order valence-electron chi connectivity index (χ3n) is 2.73. The van der Waals surface area contributed by atoms with Crippen LogP contribution < -0.4 is 11.1 Å². The first-order valence-corrected chi connectivity index (χ1v) is 6.45. The molecule has 5 heteroatoms. The highest BCUT2D eigenvalue weighted by atomic mass is 16.5. The van der Waals surface area contributed by atoms with Crippen molar-refractivity contribution in [1.82, 2.24) is 9.97 Å². The van der Waals surface area contributed by atoms with Crippen LogP contribution in [0.2, 0.25) is 0 Å². The highest BCUT2D eigenvalue weighted by Crippen LogP contribution is 2.20. The predicted molar refractivity (Wildman–Crippen MR) is 74.8 cm³/mol. The van der Waals surface area contributed by atoms with E-state index in [1.54, 1.807) is 0 Å². The molecule has 0 aromatic carbocycles. The average molecular weight is 252 g/mol. The summed E-state index contributed by atoms with van der Waals surface area (Å²) < 4.78 is 5.47. The third-order valence-corrected chi connectivity index (χ3v) is 2.73. The van der Waals surface area contributed by atoms with Gasteiger partial charge in [0.25, 0.3) is 0 Å². The van der Waals surface area contributed by atoms with E-state index < -0.39 is 0 Å². The third kappa shape index (κ3) is 3.84. The second-order valence-electron chi connectivity index (χ2n) is 4.74. The van der Waals surface area contributed by atoms with Crippen LogP contribution in [-0.4, -0.2) is 29.2 Å². The molecule has 1 aromatic heterocycles. The lowest BCUT2D eigenvalue weighted by Gasteiger charge is -2.16. The van der Waals surface area contributed by atoms with Gasteiger partial charge in [-0.3, -0.25) is 0 Å². The number of nitrogens with one attached hydrogen (secondary N) is 1. The molecular formula is C13H24N4O. The fourth-order valence-corrected chi connectivity index (χ4v) is 1.57. The molecule has 1 unspecified atom stereocenters. The number of rotatable bonds is 6. The van der Waals surface area contributed by atoms with Gasteiger partial charge < -0.3 is 15.8 Å². The summed E-state index contributed by atoms with van der Waals surface area (Å²) in [6.45, 7) is 11.5. The summed E-state index contributed by atoms with van der Waals surface area (Å²) >= 11 is 0. The molecule has 0 amide bonds. The number of nitrogen functional groups attached to an aromatic ring is 1. The number of aromatic nitrogens is 2. The van der Waals surface area contributed by atoms with Gasteiger partial charge in [-0.25, -0.2) is 9.97 Å². The highest BCUT2D eigenvalue weighted by molar-refractivity contribution is 5.55. The summed E-state index contributed by atoms with van der Waals surface area (Å²) in [5, 5.41) is 3.28. The largest absolute Gasteiger partial charge is 0.383 e. The monoisotopic (exact) mass is 252 g/mol. The van der Waals surface area contributed by atoms with Crippen LogP contribution in [0.4, 0.5) is 11.6 Å². The molecule has 3 N–H and O–H groups in total. The van der Waals surface area contributed by atoms with Gasteiger partial charge in [-0.1, -0.05) is 13.8 Å². The summed E-state index contributed by atoms with van der Waals surface area (Å²) in [5.74, 6) is 2.38. The Kier molecular flexibility index (Phi) is 5.34. The number of hydrogen-bond acceptors (Lipinski definition) is 5. The molecule has 102 valence electrons. The van der Waals surface area contributed by atoms with Crippen LogP contribution in [0.15, 0.2) is 0 Å². The summed E-state index contributed by atoms with van der Waals surface area (Å²) in [5.41, 5.74) is 6.79. The van der Waals surface area contributed by atoms with Gasteiger partial charge in [-0.15, -0.1) is 0 Å². The van der Waals surface area contributed by atoms with Gasteiger partial charge >= 0.3 is 0 Å². The van der Waals surface area contributed by atoms with Crippen LogP contribution >= 0.6 is 0 Å². The Bertz CT molecular complexity index is 393. The van der Waals surface area contributed by atoms with E-state index in [9.17, 15) is 0 Å². The Morgan fingerprint density at radius 1 is 1.28 bits per heavy atom. The first-order chi connectivity index (χ1) is 8.45. The maximum absolute atomic E-state index is 5.90. The first-order valence-electron chi connectivity index (χ1n) is 6.45. The molecule has 5 nitrogen and oxygen atoms in total.